The van der Waals surface area contributed by atoms with Gasteiger partial charge in [0.15, 0.2) is 0 Å². The van der Waals surface area contributed by atoms with Crippen LogP contribution in [0.5, 0.6) is 0 Å². The molecule has 0 amide bonds. The van der Waals surface area contributed by atoms with Crippen LogP contribution in [0.2, 0.25) is 0 Å². The summed E-state index contributed by atoms with van der Waals surface area (Å²) in [6.45, 7) is 8.26. The Morgan fingerprint density at radius 3 is 2.64 bits per heavy atom. The SMILES string of the molecule is CCCC(C)NCC1CCCCC1C. The summed E-state index contributed by atoms with van der Waals surface area (Å²) >= 11 is 0. The third-order valence-corrected chi connectivity index (χ3v) is 3.74. The summed E-state index contributed by atoms with van der Waals surface area (Å²) in [5, 5.41) is 3.68. The van der Waals surface area contributed by atoms with Crippen LogP contribution in [0.1, 0.15) is 59.3 Å². The van der Waals surface area contributed by atoms with E-state index in [0.29, 0.717) is 6.04 Å². The molecule has 0 bridgehead atoms. The van der Waals surface area contributed by atoms with E-state index in [9.17, 15) is 0 Å². The second-order valence-corrected chi connectivity index (χ2v) is 5.12. The van der Waals surface area contributed by atoms with E-state index in [2.05, 4.69) is 26.1 Å². The van der Waals surface area contributed by atoms with E-state index in [0.717, 1.165) is 11.8 Å². The van der Waals surface area contributed by atoms with Crippen molar-refractivity contribution in [2.75, 3.05) is 6.54 Å². The number of hydrogen-bond donors (Lipinski definition) is 1. The molecular weight excluding hydrogens is 170 g/mol. The van der Waals surface area contributed by atoms with E-state index < -0.39 is 0 Å². The van der Waals surface area contributed by atoms with E-state index >= 15 is 0 Å². The Kier molecular flexibility index (Phi) is 5.54. The highest BCUT2D eigenvalue weighted by Gasteiger charge is 2.20. The van der Waals surface area contributed by atoms with E-state index in [4.69, 9.17) is 0 Å². The molecule has 1 N–H and O–H groups in total. The largest absolute Gasteiger partial charge is 0.314 e. The molecule has 1 nitrogen and oxygen atoms in total. The molecule has 0 aromatic rings. The molecule has 84 valence electrons. The molecule has 1 aliphatic carbocycles. The van der Waals surface area contributed by atoms with Crippen LogP contribution in [0.25, 0.3) is 0 Å². The Labute approximate surface area is 89.7 Å². The average Bonchev–Trinajstić information content (AvgIpc) is 2.17. The second kappa shape index (κ2) is 6.44. The molecule has 0 aromatic carbocycles. The van der Waals surface area contributed by atoms with Crippen molar-refractivity contribution in [3.63, 3.8) is 0 Å². The minimum Gasteiger partial charge on any atom is -0.314 e. The first-order chi connectivity index (χ1) is 6.74. The van der Waals surface area contributed by atoms with Crippen molar-refractivity contribution in [2.45, 2.75) is 65.3 Å². The van der Waals surface area contributed by atoms with Crippen LogP contribution >= 0.6 is 0 Å². The normalized spacial score (nSPS) is 30.2. The standard InChI is InChI=1S/C13H27N/c1-4-7-12(3)14-10-13-9-6-5-8-11(13)2/h11-14H,4-10H2,1-3H3. The van der Waals surface area contributed by atoms with Gasteiger partial charge >= 0.3 is 0 Å². The molecule has 14 heavy (non-hydrogen) atoms. The maximum Gasteiger partial charge on any atom is 0.00387 e. The van der Waals surface area contributed by atoms with Crippen molar-refractivity contribution in [1.82, 2.24) is 5.32 Å². The first-order valence-electron chi connectivity index (χ1n) is 6.47. The van der Waals surface area contributed by atoms with E-state index in [-0.39, 0.29) is 0 Å². The second-order valence-electron chi connectivity index (χ2n) is 5.12. The molecule has 0 saturated heterocycles. The molecule has 3 atom stereocenters. The van der Waals surface area contributed by atoms with Gasteiger partial charge in [0.2, 0.25) is 0 Å². The first-order valence-corrected chi connectivity index (χ1v) is 6.47. The maximum atomic E-state index is 3.68. The zero-order valence-electron chi connectivity index (χ0n) is 10.2. The highest BCUT2D eigenvalue weighted by atomic mass is 14.9. The molecule has 1 rings (SSSR count). The fourth-order valence-electron chi connectivity index (χ4n) is 2.58. The van der Waals surface area contributed by atoms with Gasteiger partial charge in [-0.05, 0) is 38.1 Å². The quantitative estimate of drug-likeness (QED) is 0.710. The van der Waals surface area contributed by atoms with Gasteiger partial charge in [0.25, 0.3) is 0 Å². The molecule has 1 fully saturated rings. The van der Waals surface area contributed by atoms with Gasteiger partial charge in [0.05, 0.1) is 0 Å². The molecule has 1 aliphatic rings. The molecule has 0 aromatic heterocycles. The summed E-state index contributed by atoms with van der Waals surface area (Å²) in [7, 11) is 0. The van der Waals surface area contributed by atoms with Gasteiger partial charge in [-0.3, -0.25) is 0 Å². The molecule has 1 heteroatoms. The third kappa shape index (κ3) is 4.00. The lowest BCUT2D eigenvalue weighted by Crippen LogP contribution is -2.34. The van der Waals surface area contributed by atoms with Crippen LogP contribution in [0.4, 0.5) is 0 Å². The average molecular weight is 197 g/mol. The predicted octanol–water partition coefficient (Wildman–Crippen LogP) is 3.59. The van der Waals surface area contributed by atoms with Crippen molar-refractivity contribution in [3.8, 4) is 0 Å². The Morgan fingerprint density at radius 1 is 1.29 bits per heavy atom. The van der Waals surface area contributed by atoms with Crippen molar-refractivity contribution >= 4 is 0 Å². The molecule has 1 saturated carbocycles. The Bertz CT molecular complexity index is 144. The topological polar surface area (TPSA) is 12.0 Å². The number of rotatable bonds is 5. The maximum absolute atomic E-state index is 3.68. The Morgan fingerprint density at radius 2 is 2.00 bits per heavy atom. The van der Waals surface area contributed by atoms with Crippen LogP contribution in [-0.2, 0) is 0 Å². The minimum atomic E-state index is 0.717. The van der Waals surface area contributed by atoms with Crippen molar-refractivity contribution in [2.24, 2.45) is 11.8 Å². The highest BCUT2D eigenvalue weighted by molar-refractivity contribution is 4.75. The molecular formula is C13H27N. The van der Waals surface area contributed by atoms with Crippen molar-refractivity contribution in [1.29, 1.82) is 0 Å². The highest BCUT2D eigenvalue weighted by Crippen LogP contribution is 2.28. The molecule has 3 unspecified atom stereocenters. The third-order valence-electron chi connectivity index (χ3n) is 3.74. The summed E-state index contributed by atoms with van der Waals surface area (Å²) < 4.78 is 0. The van der Waals surface area contributed by atoms with Crippen molar-refractivity contribution in [3.05, 3.63) is 0 Å². The summed E-state index contributed by atoms with van der Waals surface area (Å²) in [6, 6.07) is 0.717. The van der Waals surface area contributed by atoms with Crippen molar-refractivity contribution < 1.29 is 0 Å². The zero-order chi connectivity index (χ0) is 10.4. The van der Waals surface area contributed by atoms with E-state index in [1.807, 2.05) is 0 Å². The van der Waals surface area contributed by atoms with E-state index in [1.165, 1.54) is 45.1 Å². The monoisotopic (exact) mass is 197 g/mol. The predicted molar refractivity (Wildman–Crippen MR) is 63.5 cm³/mol. The first kappa shape index (κ1) is 12.0. The smallest absolute Gasteiger partial charge is 0.00387 e. The summed E-state index contributed by atoms with van der Waals surface area (Å²) in [5.74, 6) is 1.90. The fourth-order valence-corrected chi connectivity index (χ4v) is 2.58. The number of hydrogen-bond acceptors (Lipinski definition) is 1. The lowest BCUT2D eigenvalue weighted by atomic mass is 9.80. The Hall–Kier alpha value is -0.0400. The fraction of sp³-hybridized carbons (Fsp3) is 1.00. The van der Waals surface area contributed by atoms with E-state index in [1.54, 1.807) is 0 Å². The molecule has 0 spiro atoms. The Balaban J connectivity index is 2.15. The zero-order valence-corrected chi connectivity index (χ0v) is 10.2. The van der Waals surface area contributed by atoms with Gasteiger partial charge in [-0.15, -0.1) is 0 Å². The summed E-state index contributed by atoms with van der Waals surface area (Å²) in [4.78, 5) is 0. The van der Waals surface area contributed by atoms with Crippen LogP contribution in [-0.4, -0.2) is 12.6 Å². The van der Waals surface area contributed by atoms with Gasteiger partial charge in [0, 0.05) is 6.04 Å². The van der Waals surface area contributed by atoms with Gasteiger partial charge in [-0.2, -0.15) is 0 Å². The van der Waals surface area contributed by atoms with Gasteiger partial charge in [0.1, 0.15) is 0 Å². The molecule has 0 aliphatic heterocycles. The lowest BCUT2D eigenvalue weighted by molar-refractivity contribution is 0.240. The summed E-state index contributed by atoms with van der Waals surface area (Å²) in [5.41, 5.74) is 0. The van der Waals surface area contributed by atoms with Crippen LogP contribution in [0.3, 0.4) is 0 Å². The molecule has 0 heterocycles. The van der Waals surface area contributed by atoms with Gasteiger partial charge < -0.3 is 5.32 Å². The van der Waals surface area contributed by atoms with Crippen LogP contribution < -0.4 is 5.32 Å². The van der Waals surface area contributed by atoms with Crippen LogP contribution in [0, 0.1) is 11.8 Å². The summed E-state index contributed by atoms with van der Waals surface area (Å²) in [6.07, 6.45) is 8.44. The molecule has 0 radical (unpaired) electrons. The number of nitrogens with one attached hydrogen (secondary N) is 1. The van der Waals surface area contributed by atoms with Gasteiger partial charge in [-0.25, -0.2) is 0 Å². The lowest BCUT2D eigenvalue weighted by Gasteiger charge is -2.30. The minimum absolute atomic E-state index is 0.717. The van der Waals surface area contributed by atoms with Gasteiger partial charge in [-0.1, -0.05) is 39.5 Å². The van der Waals surface area contributed by atoms with Crippen LogP contribution in [0.15, 0.2) is 0 Å².